The van der Waals surface area contributed by atoms with E-state index in [4.69, 9.17) is 24.4 Å². The molecule has 9 heterocycles. The number of hydrogen-bond donors (Lipinski definition) is 1. The van der Waals surface area contributed by atoms with Crippen molar-refractivity contribution in [3.05, 3.63) is 87.5 Å². The fourth-order valence-electron chi connectivity index (χ4n) is 13.9. The van der Waals surface area contributed by atoms with Crippen LogP contribution in [0.15, 0.2) is 53.5 Å². The highest BCUT2D eigenvalue weighted by molar-refractivity contribution is 6.03. The molecule has 408 valence electrons. The van der Waals surface area contributed by atoms with Gasteiger partial charge < -0.3 is 24.2 Å². The average Bonchev–Trinajstić information content (AvgIpc) is 4.14. The lowest BCUT2D eigenvalue weighted by atomic mass is 9.88. The Balaban J connectivity index is 0.658. The number of fused-ring (bicyclic) bond motifs is 4. The summed E-state index contributed by atoms with van der Waals surface area (Å²) >= 11 is 0. The van der Waals surface area contributed by atoms with E-state index < -0.39 is 23.6 Å². The molecule has 3 atom stereocenters. The monoisotopic (exact) mass is 1060 g/mol. The molecule has 3 aromatic heterocycles. The third kappa shape index (κ3) is 9.64. The van der Waals surface area contributed by atoms with Gasteiger partial charge in [0.05, 0.1) is 27.5 Å². The molecule has 6 aliphatic heterocycles. The number of aromatic nitrogens is 5. The van der Waals surface area contributed by atoms with Gasteiger partial charge in [0, 0.05) is 69.4 Å². The van der Waals surface area contributed by atoms with Crippen LogP contribution in [0.3, 0.4) is 0 Å². The van der Waals surface area contributed by atoms with Crippen LogP contribution in [0.4, 0.5) is 19.4 Å². The summed E-state index contributed by atoms with van der Waals surface area (Å²) in [6.07, 6.45) is 12.5. The molecule has 3 amide bonds. The lowest BCUT2D eigenvalue weighted by Gasteiger charge is -2.38. The normalized spacial score (nSPS) is 22.8. The second-order valence-corrected chi connectivity index (χ2v) is 22.8. The average molecular weight is 1060 g/mol. The number of pyridine rings is 1. The third-order valence-corrected chi connectivity index (χ3v) is 18.0. The number of halogens is 2. The molecular formula is C60H68F2N10O6. The number of carbonyl (C=O) groups is 3. The number of anilines is 1. The summed E-state index contributed by atoms with van der Waals surface area (Å²) in [5.74, 6) is 5.35. The Kier molecular flexibility index (Phi) is 14.2. The molecule has 6 aromatic rings. The number of imidazole rings is 1. The van der Waals surface area contributed by atoms with Gasteiger partial charge in [-0.1, -0.05) is 24.1 Å². The van der Waals surface area contributed by atoms with Gasteiger partial charge in [0.2, 0.25) is 11.8 Å². The molecule has 12 rings (SSSR count). The highest BCUT2D eigenvalue weighted by Crippen LogP contribution is 2.44. The molecule has 18 heteroatoms. The fraction of sp³-hybridized carbons (Fsp3) is 0.517. The lowest BCUT2D eigenvalue weighted by Crippen LogP contribution is -2.48. The maximum atomic E-state index is 17.3. The second-order valence-electron chi connectivity index (χ2n) is 22.8. The van der Waals surface area contributed by atoms with Crippen molar-refractivity contribution in [3.63, 3.8) is 0 Å². The van der Waals surface area contributed by atoms with Crippen LogP contribution >= 0.6 is 0 Å². The molecule has 0 bridgehead atoms. The second kappa shape index (κ2) is 21.3. The van der Waals surface area contributed by atoms with Gasteiger partial charge in [-0.25, -0.2) is 18.4 Å². The maximum absolute atomic E-state index is 17.3. The molecule has 1 unspecified atom stereocenters. The van der Waals surface area contributed by atoms with Crippen molar-refractivity contribution >= 4 is 56.4 Å². The van der Waals surface area contributed by atoms with Crippen LogP contribution in [0.1, 0.15) is 119 Å². The van der Waals surface area contributed by atoms with Crippen LogP contribution in [0.2, 0.25) is 0 Å². The van der Waals surface area contributed by atoms with Gasteiger partial charge in [-0.15, -0.1) is 5.92 Å². The number of imide groups is 1. The number of carbonyl (C=O) groups excluding carboxylic acids is 3. The molecule has 1 N–H and O–H groups in total. The van der Waals surface area contributed by atoms with Gasteiger partial charge in [-0.05, 0) is 163 Å². The van der Waals surface area contributed by atoms with E-state index in [1.54, 1.807) is 30.8 Å². The van der Waals surface area contributed by atoms with Gasteiger partial charge in [-0.3, -0.25) is 33.9 Å². The highest BCUT2D eigenvalue weighted by atomic mass is 19.1. The molecule has 6 aliphatic rings. The van der Waals surface area contributed by atoms with Gasteiger partial charge >= 0.3 is 17.8 Å². The number of likely N-dealkylation sites (tertiary alicyclic amines) is 2. The fourth-order valence-corrected chi connectivity index (χ4v) is 13.9. The van der Waals surface area contributed by atoms with Gasteiger partial charge in [0.15, 0.2) is 5.82 Å². The Hall–Kier alpha value is -6.97. The first-order valence-electron chi connectivity index (χ1n) is 28.2. The topological polar surface area (TPSA) is 160 Å². The molecular weight excluding hydrogens is 995 g/mol. The Morgan fingerprint density at radius 3 is 2.46 bits per heavy atom. The van der Waals surface area contributed by atoms with Crippen LogP contribution in [0.5, 0.6) is 6.01 Å². The van der Waals surface area contributed by atoms with E-state index in [2.05, 4.69) is 44.0 Å². The SMILES string of the molecule is CC#Cc1c(F)ccc2cc(C)cc(-c3ncc4c(N5CCCCC5)nc(OC[C@@]56CCCN5[C@H](COC(=O)N5CCC(CN7CCC(c8ccc9c(c8)n(C)c(=O)n9C8CCC(=O)NC8=O)CC7)CC5)CC6)nc4c3F)c12. The number of piperidine rings is 4. The van der Waals surface area contributed by atoms with Gasteiger partial charge in [0.25, 0.3) is 0 Å². The summed E-state index contributed by atoms with van der Waals surface area (Å²) in [5, 5.41) is 4.13. The molecule has 0 aliphatic carbocycles. The maximum Gasteiger partial charge on any atom is 0.409 e. The summed E-state index contributed by atoms with van der Waals surface area (Å²) in [5.41, 5.74) is 3.84. The Labute approximate surface area is 452 Å². The van der Waals surface area contributed by atoms with Crippen LogP contribution in [0.25, 0.3) is 44.0 Å². The summed E-state index contributed by atoms with van der Waals surface area (Å²) in [6, 6.07) is 12.5. The van der Waals surface area contributed by atoms with E-state index in [9.17, 15) is 19.2 Å². The number of ether oxygens (including phenoxy) is 2. The number of hydrogen-bond acceptors (Lipinski definition) is 12. The number of nitrogens with zero attached hydrogens (tertiary/aromatic N) is 9. The van der Waals surface area contributed by atoms with E-state index >= 15 is 8.78 Å². The van der Waals surface area contributed by atoms with Crippen LogP contribution < -0.4 is 20.6 Å². The molecule has 16 nitrogen and oxygen atoms in total. The number of nitrogens with one attached hydrogen (secondary N) is 1. The molecule has 0 radical (unpaired) electrons. The van der Waals surface area contributed by atoms with Crippen molar-refractivity contribution in [3.8, 4) is 29.1 Å². The van der Waals surface area contributed by atoms with E-state index in [1.807, 2.05) is 30.0 Å². The molecule has 0 saturated carbocycles. The van der Waals surface area contributed by atoms with Crippen molar-refractivity contribution in [2.45, 2.75) is 121 Å². The third-order valence-electron chi connectivity index (χ3n) is 18.0. The molecule has 78 heavy (non-hydrogen) atoms. The zero-order valence-corrected chi connectivity index (χ0v) is 44.9. The number of benzene rings is 3. The van der Waals surface area contributed by atoms with E-state index in [1.165, 1.54) is 16.2 Å². The Morgan fingerprint density at radius 2 is 1.68 bits per heavy atom. The molecule has 6 saturated heterocycles. The van der Waals surface area contributed by atoms with Crippen molar-refractivity contribution in [1.82, 2.24) is 44.1 Å². The van der Waals surface area contributed by atoms with Crippen molar-refractivity contribution in [2.24, 2.45) is 13.0 Å². The van der Waals surface area contributed by atoms with Crippen molar-refractivity contribution in [1.29, 1.82) is 0 Å². The number of rotatable bonds is 11. The summed E-state index contributed by atoms with van der Waals surface area (Å²) in [7, 11) is 1.74. The smallest absolute Gasteiger partial charge is 0.409 e. The quantitative estimate of drug-likeness (QED) is 0.0975. The van der Waals surface area contributed by atoms with Gasteiger partial charge in [-0.2, -0.15) is 9.97 Å². The molecule has 3 aromatic carbocycles. The Bertz CT molecular complexity index is 3470. The number of amides is 3. The lowest BCUT2D eigenvalue weighted by molar-refractivity contribution is -0.135. The van der Waals surface area contributed by atoms with E-state index in [-0.39, 0.29) is 58.5 Å². The minimum Gasteiger partial charge on any atom is -0.461 e. The zero-order valence-electron chi connectivity index (χ0n) is 44.9. The van der Waals surface area contributed by atoms with Crippen molar-refractivity contribution < 1.29 is 32.6 Å². The van der Waals surface area contributed by atoms with E-state index in [0.717, 1.165) is 126 Å². The first-order valence-corrected chi connectivity index (χ1v) is 28.2. The zero-order chi connectivity index (χ0) is 53.8. The predicted molar refractivity (Wildman–Crippen MR) is 293 cm³/mol. The van der Waals surface area contributed by atoms with Gasteiger partial charge in [0.1, 0.15) is 42.1 Å². The molecule has 0 spiro atoms. The Morgan fingerprint density at radius 1 is 0.872 bits per heavy atom. The largest absolute Gasteiger partial charge is 0.461 e. The number of aryl methyl sites for hydroxylation is 2. The standard InChI is InChI=1S/C60H68F2N10O6/c1-4-9-43-46(61)12-10-41-30-37(2)31-44(51(41)43)53-52(62)54-45(33-63-53)55(69-23-6-5-7-24-69)66-57(65-54)78-36-60-21-8-25-71(60)42(16-22-60)35-77-59(76)70-28-17-38(18-29-70)34-68-26-19-39(20-27-68)40-11-13-47-49(32-40)67(3)58(75)72(47)48-14-15-50(73)64-56(48)74/h10-13,30-33,38-39,42,48H,5-8,14-29,34-36H2,1-3H3,(H,64,73,74)/t42-,48?,60-/m0/s1. The summed E-state index contributed by atoms with van der Waals surface area (Å²) in [6.45, 7) is 10.9. The summed E-state index contributed by atoms with van der Waals surface area (Å²) < 4.78 is 48.5. The van der Waals surface area contributed by atoms with E-state index in [0.29, 0.717) is 72.2 Å². The predicted octanol–water partition coefficient (Wildman–Crippen LogP) is 8.53. The minimum absolute atomic E-state index is 0.0528. The first kappa shape index (κ1) is 51.8. The van der Waals surface area contributed by atoms with Crippen LogP contribution in [0, 0.1) is 36.3 Å². The van der Waals surface area contributed by atoms with Crippen LogP contribution in [-0.2, 0) is 21.4 Å². The highest BCUT2D eigenvalue weighted by Gasteiger charge is 2.50. The summed E-state index contributed by atoms with van der Waals surface area (Å²) in [4.78, 5) is 74.9. The van der Waals surface area contributed by atoms with Crippen molar-refractivity contribution in [2.75, 3.05) is 70.5 Å². The first-order chi connectivity index (χ1) is 37.9. The molecule has 6 fully saturated rings. The minimum atomic E-state index is -0.702. The van der Waals surface area contributed by atoms with Crippen LogP contribution in [-0.4, -0.2) is 134 Å².